The molecule has 0 amide bonds. The summed E-state index contributed by atoms with van der Waals surface area (Å²) in [7, 11) is 0. The van der Waals surface area contributed by atoms with E-state index in [1.54, 1.807) is 12.1 Å². The van der Waals surface area contributed by atoms with Crippen molar-refractivity contribution >= 4 is 0 Å². The minimum atomic E-state index is -0.430. The third-order valence-electron chi connectivity index (χ3n) is 3.07. The summed E-state index contributed by atoms with van der Waals surface area (Å²) in [4.78, 5) is 2.35. The van der Waals surface area contributed by atoms with Crippen molar-refractivity contribution in [3.63, 3.8) is 0 Å². The molecule has 0 N–H and O–H groups in total. The summed E-state index contributed by atoms with van der Waals surface area (Å²) in [5.41, 5.74) is 1.16. The van der Waals surface area contributed by atoms with Crippen molar-refractivity contribution in [3.8, 4) is 6.07 Å². The van der Waals surface area contributed by atoms with E-state index in [1.807, 2.05) is 6.07 Å². The van der Waals surface area contributed by atoms with Gasteiger partial charge in [0, 0.05) is 13.1 Å². The molecular weight excluding hydrogens is 203 g/mol. The lowest BCUT2D eigenvalue weighted by atomic mass is 10.1. The Morgan fingerprint density at radius 3 is 3.00 bits per heavy atom. The number of hydrogen-bond donors (Lipinski definition) is 0. The van der Waals surface area contributed by atoms with Crippen LogP contribution in [0.5, 0.6) is 0 Å². The maximum absolute atomic E-state index is 13.1. The zero-order chi connectivity index (χ0) is 11.5. The zero-order valence-electron chi connectivity index (χ0n) is 9.41. The highest BCUT2D eigenvalue weighted by Gasteiger charge is 2.18. The summed E-state index contributed by atoms with van der Waals surface area (Å²) >= 11 is 0. The van der Waals surface area contributed by atoms with Gasteiger partial charge in [-0.2, -0.15) is 5.26 Å². The quantitative estimate of drug-likeness (QED) is 0.762. The van der Waals surface area contributed by atoms with E-state index < -0.39 is 5.82 Å². The highest BCUT2D eigenvalue weighted by Crippen LogP contribution is 2.18. The Hall–Kier alpha value is -1.40. The molecule has 1 aliphatic rings. The van der Waals surface area contributed by atoms with Gasteiger partial charge in [-0.1, -0.05) is 13.0 Å². The molecule has 0 spiro atoms. The second-order valence-corrected chi connectivity index (χ2v) is 4.55. The Morgan fingerprint density at radius 1 is 1.56 bits per heavy atom. The molecule has 3 heteroatoms. The summed E-state index contributed by atoms with van der Waals surface area (Å²) in [5.74, 6) is 0.317. The monoisotopic (exact) mass is 218 g/mol. The summed E-state index contributed by atoms with van der Waals surface area (Å²) < 4.78 is 13.1. The average Bonchev–Trinajstić information content (AvgIpc) is 2.67. The topological polar surface area (TPSA) is 27.0 Å². The van der Waals surface area contributed by atoms with Crippen LogP contribution in [0, 0.1) is 23.1 Å². The number of halogens is 1. The summed E-state index contributed by atoms with van der Waals surface area (Å²) in [6.07, 6.45) is 1.23. The Balaban J connectivity index is 2.08. The standard InChI is InChI=1S/C13H15FN2/c1-10-4-5-16(8-10)9-11-2-3-13(14)12(6-11)7-15/h2-3,6,10H,4-5,8-9H2,1H3. The van der Waals surface area contributed by atoms with Gasteiger partial charge in [0.2, 0.25) is 0 Å². The van der Waals surface area contributed by atoms with Crippen LogP contribution in [0.25, 0.3) is 0 Å². The third-order valence-corrected chi connectivity index (χ3v) is 3.07. The average molecular weight is 218 g/mol. The molecule has 16 heavy (non-hydrogen) atoms. The first-order valence-corrected chi connectivity index (χ1v) is 5.60. The van der Waals surface area contributed by atoms with Gasteiger partial charge in [0.1, 0.15) is 11.9 Å². The number of nitriles is 1. The number of nitrogens with zero attached hydrogens (tertiary/aromatic N) is 2. The second kappa shape index (κ2) is 4.63. The van der Waals surface area contributed by atoms with E-state index in [2.05, 4.69) is 11.8 Å². The summed E-state index contributed by atoms with van der Waals surface area (Å²) in [6.45, 7) is 5.25. The fourth-order valence-corrected chi connectivity index (χ4v) is 2.18. The van der Waals surface area contributed by atoms with Gasteiger partial charge < -0.3 is 0 Å². The van der Waals surface area contributed by atoms with Crippen LogP contribution in [0.3, 0.4) is 0 Å². The Labute approximate surface area is 95.3 Å². The van der Waals surface area contributed by atoms with Gasteiger partial charge in [-0.3, -0.25) is 4.90 Å². The van der Waals surface area contributed by atoms with E-state index >= 15 is 0 Å². The van der Waals surface area contributed by atoms with Crippen molar-refractivity contribution < 1.29 is 4.39 Å². The van der Waals surface area contributed by atoms with E-state index in [1.165, 1.54) is 12.5 Å². The molecule has 0 saturated carbocycles. The summed E-state index contributed by atoms with van der Waals surface area (Å²) in [6, 6.07) is 6.67. The van der Waals surface area contributed by atoms with Gasteiger partial charge in [-0.25, -0.2) is 4.39 Å². The normalized spacial score (nSPS) is 20.9. The molecule has 2 rings (SSSR count). The molecule has 0 bridgehead atoms. The molecule has 0 aliphatic carbocycles. The smallest absolute Gasteiger partial charge is 0.140 e. The first-order chi connectivity index (χ1) is 7.69. The molecule has 1 atom stereocenters. The Morgan fingerprint density at radius 2 is 2.38 bits per heavy atom. The van der Waals surface area contributed by atoms with Crippen LogP contribution in [-0.4, -0.2) is 18.0 Å². The number of likely N-dealkylation sites (tertiary alicyclic amines) is 1. The van der Waals surface area contributed by atoms with Gasteiger partial charge in [-0.15, -0.1) is 0 Å². The third kappa shape index (κ3) is 2.40. The molecule has 1 unspecified atom stereocenters. The van der Waals surface area contributed by atoms with E-state index in [-0.39, 0.29) is 5.56 Å². The minimum Gasteiger partial charge on any atom is -0.299 e. The molecule has 84 valence electrons. The van der Waals surface area contributed by atoms with E-state index in [4.69, 9.17) is 5.26 Å². The maximum atomic E-state index is 13.1. The van der Waals surface area contributed by atoms with E-state index in [9.17, 15) is 4.39 Å². The van der Waals surface area contributed by atoms with Crippen molar-refractivity contribution in [2.24, 2.45) is 5.92 Å². The predicted molar refractivity (Wildman–Crippen MR) is 60.2 cm³/mol. The van der Waals surface area contributed by atoms with Gasteiger partial charge in [0.25, 0.3) is 0 Å². The van der Waals surface area contributed by atoms with Crippen molar-refractivity contribution in [3.05, 3.63) is 35.1 Å². The molecule has 1 saturated heterocycles. The molecule has 1 aromatic carbocycles. The molecule has 1 heterocycles. The van der Waals surface area contributed by atoms with Crippen LogP contribution in [-0.2, 0) is 6.54 Å². The fourth-order valence-electron chi connectivity index (χ4n) is 2.18. The second-order valence-electron chi connectivity index (χ2n) is 4.55. The van der Waals surface area contributed by atoms with Crippen molar-refractivity contribution in [1.82, 2.24) is 4.90 Å². The number of benzene rings is 1. The van der Waals surface area contributed by atoms with Crippen LogP contribution < -0.4 is 0 Å². The molecule has 2 nitrogen and oxygen atoms in total. The van der Waals surface area contributed by atoms with E-state index in [0.717, 1.165) is 31.1 Å². The zero-order valence-corrected chi connectivity index (χ0v) is 9.41. The van der Waals surface area contributed by atoms with Gasteiger partial charge in [-0.05, 0) is 36.6 Å². The molecule has 0 aromatic heterocycles. The Bertz CT molecular complexity index is 422. The van der Waals surface area contributed by atoms with Crippen LogP contribution in [0.1, 0.15) is 24.5 Å². The van der Waals surface area contributed by atoms with Gasteiger partial charge in [0.15, 0.2) is 0 Å². The molecule has 1 fully saturated rings. The number of hydrogen-bond acceptors (Lipinski definition) is 2. The first kappa shape index (κ1) is 11.1. The van der Waals surface area contributed by atoms with Crippen LogP contribution in [0.2, 0.25) is 0 Å². The SMILES string of the molecule is CC1CCN(Cc2ccc(F)c(C#N)c2)C1. The molecular formula is C13H15FN2. The highest BCUT2D eigenvalue weighted by molar-refractivity contribution is 5.34. The van der Waals surface area contributed by atoms with Gasteiger partial charge >= 0.3 is 0 Å². The lowest BCUT2D eigenvalue weighted by Gasteiger charge is -2.15. The van der Waals surface area contributed by atoms with Crippen LogP contribution in [0.15, 0.2) is 18.2 Å². The van der Waals surface area contributed by atoms with Crippen LogP contribution in [0.4, 0.5) is 4.39 Å². The molecule has 0 radical (unpaired) electrons. The molecule has 1 aliphatic heterocycles. The first-order valence-electron chi connectivity index (χ1n) is 5.60. The number of rotatable bonds is 2. The van der Waals surface area contributed by atoms with Crippen molar-refractivity contribution in [2.75, 3.05) is 13.1 Å². The van der Waals surface area contributed by atoms with Crippen molar-refractivity contribution in [1.29, 1.82) is 5.26 Å². The summed E-state index contributed by atoms with van der Waals surface area (Å²) in [5, 5.41) is 8.74. The van der Waals surface area contributed by atoms with Crippen LogP contribution >= 0.6 is 0 Å². The predicted octanol–water partition coefficient (Wildman–Crippen LogP) is 2.54. The fraction of sp³-hybridized carbons (Fsp3) is 0.462. The highest BCUT2D eigenvalue weighted by atomic mass is 19.1. The maximum Gasteiger partial charge on any atom is 0.140 e. The largest absolute Gasteiger partial charge is 0.299 e. The Kier molecular flexibility index (Phi) is 3.21. The molecule has 1 aromatic rings. The van der Waals surface area contributed by atoms with Gasteiger partial charge in [0.05, 0.1) is 5.56 Å². The lowest BCUT2D eigenvalue weighted by molar-refractivity contribution is 0.320. The van der Waals surface area contributed by atoms with Crippen molar-refractivity contribution in [2.45, 2.75) is 19.9 Å². The lowest BCUT2D eigenvalue weighted by Crippen LogP contribution is -2.19. The minimum absolute atomic E-state index is 0.143. The van der Waals surface area contributed by atoms with E-state index in [0.29, 0.717) is 0 Å².